The first-order chi connectivity index (χ1) is 28.2. The first kappa shape index (κ1) is 32.0. The zero-order valence-corrected chi connectivity index (χ0v) is 31.5. The van der Waals surface area contributed by atoms with Gasteiger partial charge in [0.2, 0.25) is 0 Å². The van der Waals surface area contributed by atoms with Crippen molar-refractivity contribution in [1.29, 1.82) is 0 Å². The van der Waals surface area contributed by atoms with Gasteiger partial charge in [0, 0.05) is 63.8 Å². The number of nitrogens with zero attached hydrogens (tertiary/aromatic N) is 3. The minimum atomic E-state index is 0.915. The minimum absolute atomic E-state index is 0.915. The predicted octanol–water partition coefficient (Wildman–Crippen LogP) is 14.7. The minimum Gasteiger partial charge on any atom is -0.247 e. The summed E-state index contributed by atoms with van der Waals surface area (Å²) in [6.45, 7) is 0. The number of hydrogen-bond donors (Lipinski definition) is 0. The van der Waals surface area contributed by atoms with E-state index in [4.69, 9.17) is 15.0 Å². The maximum absolute atomic E-state index is 5.34. The van der Waals surface area contributed by atoms with Gasteiger partial charge in [0.1, 0.15) is 0 Å². The van der Waals surface area contributed by atoms with E-state index in [9.17, 15) is 0 Å². The number of aromatic nitrogens is 3. The zero-order chi connectivity index (χ0) is 37.5. The van der Waals surface area contributed by atoms with Gasteiger partial charge < -0.3 is 0 Å². The Morgan fingerprint density at radius 2 is 0.947 bits per heavy atom. The van der Waals surface area contributed by atoms with Crippen LogP contribution in [0.5, 0.6) is 0 Å². The molecule has 4 heteroatoms. The molecule has 0 fully saturated rings. The highest BCUT2D eigenvalue weighted by Gasteiger charge is 2.18. The van der Waals surface area contributed by atoms with E-state index in [2.05, 4.69) is 182 Å². The van der Waals surface area contributed by atoms with E-state index >= 15 is 0 Å². The van der Waals surface area contributed by atoms with E-state index in [0.29, 0.717) is 0 Å². The van der Waals surface area contributed by atoms with Crippen molar-refractivity contribution < 1.29 is 0 Å². The Kier molecular flexibility index (Phi) is 7.10. The zero-order valence-electron chi connectivity index (χ0n) is 30.6. The van der Waals surface area contributed by atoms with E-state index in [1.54, 1.807) is 0 Å². The van der Waals surface area contributed by atoms with E-state index in [0.717, 1.165) is 61.1 Å². The Morgan fingerprint density at radius 1 is 0.351 bits per heavy atom. The van der Waals surface area contributed by atoms with Gasteiger partial charge in [-0.25, -0.2) is 15.0 Å². The maximum Gasteiger partial charge on any atom is 0.0972 e. The topological polar surface area (TPSA) is 38.7 Å². The van der Waals surface area contributed by atoms with Crippen LogP contribution in [-0.4, -0.2) is 15.0 Å². The van der Waals surface area contributed by atoms with Crippen LogP contribution in [-0.2, 0) is 0 Å². The first-order valence-electron chi connectivity index (χ1n) is 19.3. The largest absolute Gasteiger partial charge is 0.247 e. The summed E-state index contributed by atoms with van der Waals surface area (Å²) < 4.78 is 2.58. The van der Waals surface area contributed by atoms with Gasteiger partial charge in [0.25, 0.3) is 0 Å². The lowest BCUT2D eigenvalue weighted by atomic mass is 9.92. The predicted molar refractivity (Wildman–Crippen MR) is 242 cm³/mol. The third-order valence-corrected chi connectivity index (χ3v) is 12.7. The number of benzene rings is 8. The summed E-state index contributed by atoms with van der Waals surface area (Å²) in [5.74, 6) is 0. The second-order valence-corrected chi connectivity index (χ2v) is 15.7. The van der Waals surface area contributed by atoms with Crippen molar-refractivity contribution in [2.45, 2.75) is 0 Å². The molecule has 0 unspecified atom stereocenters. The van der Waals surface area contributed by atoms with Crippen molar-refractivity contribution in [1.82, 2.24) is 15.0 Å². The Labute approximate surface area is 332 Å². The first-order valence-corrected chi connectivity index (χ1v) is 20.1. The van der Waals surface area contributed by atoms with E-state index < -0.39 is 0 Å². The normalized spacial score (nSPS) is 11.9. The lowest BCUT2D eigenvalue weighted by Crippen LogP contribution is -1.92. The number of fused-ring (bicyclic) bond motifs is 11. The lowest BCUT2D eigenvalue weighted by molar-refractivity contribution is 1.37. The van der Waals surface area contributed by atoms with Gasteiger partial charge in [0.15, 0.2) is 0 Å². The Balaban J connectivity index is 1.02. The molecule has 0 atom stereocenters. The van der Waals surface area contributed by atoms with Crippen LogP contribution >= 0.6 is 11.3 Å². The van der Waals surface area contributed by atoms with Crippen molar-refractivity contribution in [3.63, 3.8) is 0 Å². The summed E-state index contributed by atoms with van der Waals surface area (Å²) in [4.78, 5) is 15.7. The molecule has 0 aliphatic rings. The average molecular weight is 742 g/mol. The molecule has 8 aromatic carbocycles. The average Bonchev–Trinajstić information content (AvgIpc) is 3.66. The molecule has 0 bridgehead atoms. The summed E-state index contributed by atoms with van der Waals surface area (Å²) in [7, 11) is 0. The van der Waals surface area contributed by atoms with Gasteiger partial charge in [-0.1, -0.05) is 158 Å². The number of para-hydroxylation sites is 1. The number of pyridine rings is 3. The number of thiophene rings is 1. The highest BCUT2D eigenvalue weighted by atomic mass is 32.1. The van der Waals surface area contributed by atoms with Crippen LogP contribution in [0.1, 0.15) is 0 Å². The molecule has 0 N–H and O–H groups in total. The fourth-order valence-corrected chi connectivity index (χ4v) is 9.96. The van der Waals surface area contributed by atoms with Gasteiger partial charge >= 0.3 is 0 Å². The molecule has 0 aliphatic heterocycles. The highest BCUT2D eigenvalue weighted by Crippen LogP contribution is 2.45. The number of hydrogen-bond acceptors (Lipinski definition) is 4. The monoisotopic (exact) mass is 741 g/mol. The molecule has 0 amide bonds. The third-order valence-electron chi connectivity index (χ3n) is 11.4. The molecule has 0 saturated heterocycles. The lowest BCUT2D eigenvalue weighted by Gasteiger charge is -2.13. The van der Waals surface area contributed by atoms with Crippen LogP contribution in [0, 0.1) is 0 Å². The quantitative estimate of drug-likeness (QED) is 0.169. The van der Waals surface area contributed by atoms with Crippen molar-refractivity contribution >= 4 is 85.8 Å². The smallest absolute Gasteiger partial charge is 0.0972 e. The van der Waals surface area contributed by atoms with Crippen molar-refractivity contribution in [2.75, 3.05) is 0 Å². The number of rotatable bonds is 4. The van der Waals surface area contributed by atoms with Gasteiger partial charge in [-0.3, -0.25) is 0 Å². The Hall–Kier alpha value is -7.27. The van der Waals surface area contributed by atoms with Crippen LogP contribution in [0.2, 0.25) is 0 Å². The Bertz CT molecular complexity index is 3570. The van der Waals surface area contributed by atoms with Crippen molar-refractivity contribution in [2.24, 2.45) is 0 Å². The van der Waals surface area contributed by atoms with Gasteiger partial charge in [0.05, 0.1) is 33.6 Å². The highest BCUT2D eigenvalue weighted by molar-refractivity contribution is 7.26. The fourth-order valence-electron chi connectivity index (χ4n) is 8.71. The van der Waals surface area contributed by atoms with Gasteiger partial charge in [-0.05, 0) is 52.2 Å². The van der Waals surface area contributed by atoms with Crippen molar-refractivity contribution in [3.8, 4) is 44.9 Å². The second-order valence-electron chi connectivity index (χ2n) is 14.7. The van der Waals surface area contributed by atoms with Crippen LogP contribution < -0.4 is 0 Å². The third kappa shape index (κ3) is 5.08. The molecule has 0 aliphatic carbocycles. The van der Waals surface area contributed by atoms with Crippen LogP contribution in [0.25, 0.3) is 119 Å². The van der Waals surface area contributed by atoms with Crippen LogP contribution in [0.15, 0.2) is 188 Å². The van der Waals surface area contributed by atoms with Crippen LogP contribution in [0.3, 0.4) is 0 Å². The molecular weight excluding hydrogens is 711 g/mol. The van der Waals surface area contributed by atoms with Crippen LogP contribution in [0.4, 0.5) is 0 Å². The molecule has 4 heterocycles. The summed E-state index contributed by atoms with van der Waals surface area (Å²) in [6, 6.07) is 67.1. The summed E-state index contributed by atoms with van der Waals surface area (Å²) in [5.41, 5.74) is 11.5. The molecule has 3 nitrogen and oxygen atoms in total. The molecule has 12 rings (SSSR count). The second kappa shape index (κ2) is 12.6. The van der Waals surface area contributed by atoms with E-state index in [1.165, 1.54) is 58.2 Å². The van der Waals surface area contributed by atoms with Gasteiger partial charge in [-0.2, -0.15) is 0 Å². The molecular formula is C53H31N3S. The molecule has 0 saturated carbocycles. The fraction of sp³-hybridized carbons (Fsp3) is 0. The molecule has 0 spiro atoms. The summed E-state index contributed by atoms with van der Waals surface area (Å²) >= 11 is 1.88. The SMILES string of the molecule is c1ccc(-c2ccc3ccc4ccc(-c5ccc(-c6ccc7sc8c(ccc9c(-c%10ccccc%10)nc%10ccccc%10c98)c7c6)c6ccccc56)nc4c3n2)cc1. The summed E-state index contributed by atoms with van der Waals surface area (Å²) in [6.07, 6.45) is 0. The van der Waals surface area contributed by atoms with E-state index in [1.807, 2.05) is 17.4 Å². The van der Waals surface area contributed by atoms with Gasteiger partial charge in [-0.15, -0.1) is 11.3 Å². The molecule has 12 aromatic rings. The maximum atomic E-state index is 5.34. The van der Waals surface area contributed by atoms with E-state index in [-0.39, 0.29) is 0 Å². The Morgan fingerprint density at radius 3 is 1.72 bits per heavy atom. The van der Waals surface area contributed by atoms with Crippen molar-refractivity contribution in [3.05, 3.63) is 188 Å². The molecule has 264 valence electrons. The molecule has 4 aromatic heterocycles. The molecule has 57 heavy (non-hydrogen) atoms. The molecule has 0 radical (unpaired) electrons. The summed E-state index contributed by atoms with van der Waals surface area (Å²) in [5, 5.41) is 10.7. The standard InChI is InChI=1S/C53H31N3S/c1-3-11-32(12-4-1)45-28-21-34-19-20-35-22-29-47(56-52(35)51(34)54-45)40-25-24-37(38-15-7-8-16-39(38)40)36-23-30-48-44(31-36)41-26-27-43-49(53(41)57-48)42-17-9-10-18-46(42)55-50(43)33-13-5-2-6-14-33/h1-31H.